The van der Waals surface area contributed by atoms with Crippen molar-refractivity contribution in [2.45, 2.75) is 63.0 Å². The van der Waals surface area contributed by atoms with Crippen LogP contribution < -0.4 is 10.6 Å². The van der Waals surface area contributed by atoms with Crippen molar-refractivity contribution in [3.63, 3.8) is 0 Å². The lowest BCUT2D eigenvalue weighted by Gasteiger charge is -2.20. The molecule has 0 unspecified atom stereocenters. The summed E-state index contributed by atoms with van der Waals surface area (Å²) in [6.45, 7) is 0.458. The van der Waals surface area contributed by atoms with Gasteiger partial charge in [0.1, 0.15) is 5.60 Å². The monoisotopic (exact) mass is 254 g/mol. The third-order valence-corrected chi connectivity index (χ3v) is 3.66. The van der Waals surface area contributed by atoms with E-state index in [1.165, 1.54) is 0 Å². The topological polar surface area (TPSA) is 78.4 Å². The van der Waals surface area contributed by atoms with Crippen LogP contribution in [0.25, 0.3) is 0 Å². The van der Waals surface area contributed by atoms with Gasteiger partial charge in [0.25, 0.3) is 5.91 Å². The van der Waals surface area contributed by atoms with Gasteiger partial charge in [-0.2, -0.15) is 0 Å². The van der Waals surface area contributed by atoms with Crippen LogP contribution in [0.3, 0.4) is 0 Å². The van der Waals surface area contributed by atoms with Gasteiger partial charge in [-0.05, 0) is 44.9 Å². The van der Waals surface area contributed by atoms with Crippen LogP contribution in [0, 0.1) is 0 Å². The van der Waals surface area contributed by atoms with Crippen molar-refractivity contribution >= 4 is 11.8 Å². The van der Waals surface area contributed by atoms with E-state index in [9.17, 15) is 14.7 Å². The third kappa shape index (κ3) is 3.70. The molecule has 0 spiro atoms. The maximum Gasteiger partial charge on any atom is 0.251 e. The Morgan fingerprint density at radius 3 is 2.50 bits per heavy atom. The molecule has 0 bridgehead atoms. The Balaban J connectivity index is 1.56. The summed E-state index contributed by atoms with van der Waals surface area (Å²) < 4.78 is 0. The van der Waals surface area contributed by atoms with E-state index >= 15 is 0 Å². The molecular formula is C13H22N2O3. The Bertz CT molecular complexity index is 320. The van der Waals surface area contributed by atoms with Crippen LogP contribution in [-0.2, 0) is 9.59 Å². The Morgan fingerprint density at radius 1 is 1.22 bits per heavy atom. The Labute approximate surface area is 107 Å². The largest absolute Gasteiger partial charge is 0.380 e. The van der Waals surface area contributed by atoms with Crippen LogP contribution >= 0.6 is 0 Å². The molecule has 2 saturated carbocycles. The maximum absolute atomic E-state index is 11.7. The lowest BCUT2D eigenvalue weighted by molar-refractivity contribution is -0.139. The minimum absolute atomic E-state index is 0.0614. The molecule has 2 amide bonds. The molecule has 2 aliphatic carbocycles. The second kappa shape index (κ2) is 5.69. The molecule has 0 saturated heterocycles. The highest BCUT2D eigenvalue weighted by molar-refractivity contribution is 5.85. The van der Waals surface area contributed by atoms with Gasteiger partial charge in [0.15, 0.2) is 0 Å². The van der Waals surface area contributed by atoms with Gasteiger partial charge in [-0.1, -0.05) is 0 Å². The molecule has 2 aliphatic rings. The first kappa shape index (κ1) is 13.3. The molecular weight excluding hydrogens is 232 g/mol. The zero-order valence-corrected chi connectivity index (χ0v) is 10.7. The van der Waals surface area contributed by atoms with Crippen molar-refractivity contribution in [2.24, 2.45) is 0 Å². The second-order valence-corrected chi connectivity index (χ2v) is 5.44. The molecule has 2 rings (SSSR count). The molecule has 102 valence electrons. The SMILES string of the molecule is O=C(CCCNC(=O)C1(O)CCCC1)NC1CC1. The molecule has 0 heterocycles. The number of nitrogens with one attached hydrogen (secondary N) is 2. The van der Waals surface area contributed by atoms with Gasteiger partial charge in [0, 0.05) is 19.0 Å². The standard InChI is InChI=1S/C13H22N2O3/c16-11(15-10-5-6-10)4-3-9-14-12(17)13(18)7-1-2-8-13/h10,18H,1-9H2,(H,14,17)(H,15,16). The smallest absolute Gasteiger partial charge is 0.251 e. The predicted octanol–water partition coefficient (Wildman–Crippen LogP) is 0.466. The molecule has 5 nitrogen and oxygen atoms in total. The fraction of sp³-hybridized carbons (Fsp3) is 0.846. The second-order valence-electron chi connectivity index (χ2n) is 5.44. The molecule has 0 atom stereocenters. The molecule has 3 N–H and O–H groups in total. The molecule has 5 heteroatoms. The van der Waals surface area contributed by atoms with E-state index in [0.29, 0.717) is 38.3 Å². The van der Waals surface area contributed by atoms with Gasteiger partial charge in [-0.25, -0.2) is 0 Å². The molecule has 0 aromatic carbocycles. The van der Waals surface area contributed by atoms with E-state index in [1.807, 2.05) is 0 Å². The maximum atomic E-state index is 11.7. The summed E-state index contributed by atoms with van der Waals surface area (Å²) in [5.41, 5.74) is -1.16. The summed E-state index contributed by atoms with van der Waals surface area (Å²) >= 11 is 0. The van der Waals surface area contributed by atoms with E-state index < -0.39 is 5.60 Å². The lowest BCUT2D eigenvalue weighted by Crippen LogP contribution is -2.45. The van der Waals surface area contributed by atoms with Gasteiger partial charge >= 0.3 is 0 Å². The highest BCUT2D eigenvalue weighted by Gasteiger charge is 2.38. The van der Waals surface area contributed by atoms with Gasteiger partial charge in [0.2, 0.25) is 5.91 Å². The van der Waals surface area contributed by atoms with Gasteiger partial charge in [-0.3, -0.25) is 9.59 Å². The van der Waals surface area contributed by atoms with E-state index in [4.69, 9.17) is 0 Å². The van der Waals surface area contributed by atoms with Gasteiger partial charge in [0.05, 0.1) is 0 Å². The first-order valence-electron chi connectivity index (χ1n) is 6.90. The van der Waals surface area contributed by atoms with Crippen LogP contribution in [0.1, 0.15) is 51.4 Å². The normalized spacial score (nSPS) is 21.6. The summed E-state index contributed by atoms with van der Waals surface area (Å²) in [7, 11) is 0. The Hall–Kier alpha value is -1.10. The number of carbonyl (C=O) groups is 2. The van der Waals surface area contributed by atoms with Gasteiger partial charge < -0.3 is 15.7 Å². The molecule has 0 aliphatic heterocycles. The molecule has 18 heavy (non-hydrogen) atoms. The minimum Gasteiger partial charge on any atom is -0.380 e. The number of amides is 2. The van der Waals surface area contributed by atoms with E-state index in [2.05, 4.69) is 10.6 Å². The van der Waals surface area contributed by atoms with Crippen molar-refractivity contribution in [1.29, 1.82) is 0 Å². The third-order valence-electron chi connectivity index (χ3n) is 3.66. The number of aliphatic hydroxyl groups is 1. The fourth-order valence-corrected chi connectivity index (χ4v) is 2.33. The number of hydrogen-bond donors (Lipinski definition) is 3. The number of carbonyl (C=O) groups excluding carboxylic acids is 2. The average molecular weight is 254 g/mol. The zero-order valence-electron chi connectivity index (χ0n) is 10.7. The first-order valence-corrected chi connectivity index (χ1v) is 6.90. The van der Waals surface area contributed by atoms with E-state index in [-0.39, 0.29) is 11.8 Å². The summed E-state index contributed by atoms with van der Waals surface area (Å²) in [4.78, 5) is 23.1. The quantitative estimate of drug-likeness (QED) is 0.603. The van der Waals surface area contributed by atoms with Crippen molar-refractivity contribution in [3.05, 3.63) is 0 Å². The Morgan fingerprint density at radius 2 is 1.89 bits per heavy atom. The molecule has 0 aromatic rings. The average Bonchev–Trinajstić information content (AvgIpc) is 3.03. The highest BCUT2D eigenvalue weighted by atomic mass is 16.3. The zero-order chi connectivity index (χ0) is 13.0. The Kier molecular flexibility index (Phi) is 4.22. The van der Waals surface area contributed by atoms with E-state index in [0.717, 1.165) is 25.7 Å². The molecule has 0 radical (unpaired) electrons. The summed E-state index contributed by atoms with van der Waals surface area (Å²) in [5.74, 6) is -0.214. The van der Waals surface area contributed by atoms with E-state index in [1.54, 1.807) is 0 Å². The first-order chi connectivity index (χ1) is 8.60. The lowest BCUT2D eigenvalue weighted by atomic mass is 10.0. The fourth-order valence-electron chi connectivity index (χ4n) is 2.33. The van der Waals surface area contributed by atoms with Crippen LogP contribution in [0.15, 0.2) is 0 Å². The number of hydrogen-bond acceptors (Lipinski definition) is 3. The molecule has 0 aromatic heterocycles. The summed E-state index contributed by atoms with van der Waals surface area (Å²) in [6, 6.07) is 0.395. The van der Waals surface area contributed by atoms with Gasteiger partial charge in [-0.15, -0.1) is 0 Å². The van der Waals surface area contributed by atoms with Crippen molar-refractivity contribution in [3.8, 4) is 0 Å². The summed E-state index contributed by atoms with van der Waals surface area (Å²) in [6.07, 6.45) is 6.18. The van der Waals surface area contributed by atoms with Crippen LogP contribution in [0.5, 0.6) is 0 Å². The minimum atomic E-state index is -1.16. The van der Waals surface area contributed by atoms with Crippen molar-refractivity contribution < 1.29 is 14.7 Å². The predicted molar refractivity (Wildman–Crippen MR) is 66.8 cm³/mol. The number of rotatable bonds is 6. The summed E-state index contributed by atoms with van der Waals surface area (Å²) in [5, 5.41) is 15.6. The van der Waals surface area contributed by atoms with Crippen LogP contribution in [0.2, 0.25) is 0 Å². The molecule has 2 fully saturated rings. The van der Waals surface area contributed by atoms with Crippen molar-refractivity contribution in [2.75, 3.05) is 6.54 Å². The van der Waals surface area contributed by atoms with Crippen LogP contribution in [0.4, 0.5) is 0 Å². The highest BCUT2D eigenvalue weighted by Crippen LogP contribution is 2.29. The van der Waals surface area contributed by atoms with Crippen molar-refractivity contribution in [1.82, 2.24) is 10.6 Å². The van der Waals surface area contributed by atoms with Crippen LogP contribution in [-0.4, -0.2) is 35.1 Å².